The van der Waals surface area contributed by atoms with Gasteiger partial charge < -0.3 is 15.4 Å². The van der Waals surface area contributed by atoms with Gasteiger partial charge in [-0.15, -0.1) is 5.10 Å². The zero-order valence-corrected chi connectivity index (χ0v) is 21.3. The molecule has 0 saturated carbocycles. The Bertz CT molecular complexity index is 1200. The molecule has 10 heteroatoms. The van der Waals surface area contributed by atoms with E-state index < -0.39 is 11.7 Å². The Morgan fingerprint density at radius 3 is 2.55 bits per heavy atom. The first kappa shape index (κ1) is 24.6. The fraction of sp³-hybridized carbons (Fsp3) is 0.435. The number of anilines is 1. The molecule has 176 valence electrons. The van der Waals surface area contributed by atoms with Crippen LogP contribution in [0.15, 0.2) is 22.7 Å². The van der Waals surface area contributed by atoms with Crippen LogP contribution in [-0.2, 0) is 22.5 Å². The van der Waals surface area contributed by atoms with Crippen LogP contribution in [0.4, 0.5) is 10.5 Å². The molecule has 2 aromatic heterocycles. The van der Waals surface area contributed by atoms with Crippen molar-refractivity contribution in [3.8, 4) is 0 Å². The monoisotopic (exact) mass is 516 g/mol. The number of amides is 2. The third-order valence-electron chi connectivity index (χ3n) is 4.93. The van der Waals surface area contributed by atoms with Crippen molar-refractivity contribution in [3.05, 3.63) is 51.0 Å². The van der Waals surface area contributed by atoms with E-state index >= 15 is 0 Å². The highest BCUT2D eigenvalue weighted by Gasteiger charge is 2.18. The number of benzene rings is 1. The van der Waals surface area contributed by atoms with Gasteiger partial charge in [0, 0.05) is 28.0 Å². The number of nitrogens with zero attached hydrogens (tertiary/aromatic N) is 4. The molecule has 0 bridgehead atoms. The zero-order chi connectivity index (χ0) is 24.3. The Hall–Kier alpha value is -3.01. The molecule has 9 nitrogen and oxygen atoms in total. The van der Waals surface area contributed by atoms with Gasteiger partial charge in [-0.2, -0.15) is 4.98 Å². The third-order valence-corrected chi connectivity index (χ3v) is 5.82. The third kappa shape index (κ3) is 6.50. The van der Waals surface area contributed by atoms with Crippen LogP contribution >= 0.6 is 15.9 Å². The molecule has 1 aromatic carbocycles. The normalized spacial score (nSPS) is 11.5. The molecule has 2 N–H and O–H groups in total. The van der Waals surface area contributed by atoms with Gasteiger partial charge in [-0.25, -0.2) is 14.3 Å². The van der Waals surface area contributed by atoms with Gasteiger partial charge in [0.15, 0.2) is 5.82 Å². The summed E-state index contributed by atoms with van der Waals surface area (Å²) in [6, 6.07) is 5.70. The van der Waals surface area contributed by atoms with Gasteiger partial charge in [0.1, 0.15) is 5.60 Å². The topological polar surface area (TPSA) is 111 Å². The van der Waals surface area contributed by atoms with Gasteiger partial charge in [0.25, 0.3) is 5.78 Å². The van der Waals surface area contributed by atoms with Gasteiger partial charge in [-0.05, 0) is 77.3 Å². The van der Waals surface area contributed by atoms with E-state index in [9.17, 15) is 9.59 Å². The SMILES string of the molecule is Cc1cc(NC(=O)CCc2c(C)nc3nc(CNC(=O)OC(C)(C)C)nn3c2C)ccc1Br. The van der Waals surface area contributed by atoms with Gasteiger partial charge >= 0.3 is 6.09 Å². The number of fused-ring (bicyclic) bond motifs is 1. The summed E-state index contributed by atoms with van der Waals surface area (Å²) in [6.45, 7) is 11.3. The van der Waals surface area contributed by atoms with E-state index in [0.717, 1.165) is 32.7 Å². The number of alkyl carbamates (subject to hydrolysis) is 1. The largest absolute Gasteiger partial charge is 0.444 e. The molecule has 0 aliphatic rings. The van der Waals surface area contributed by atoms with Crippen molar-refractivity contribution >= 4 is 39.4 Å². The number of hydrogen-bond donors (Lipinski definition) is 2. The number of carbonyl (C=O) groups is 2. The molecule has 0 aliphatic heterocycles. The summed E-state index contributed by atoms with van der Waals surface area (Å²) in [6.07, 6.45) is 0.300. The van der Waals surface area contributed by atoms with Crippen LogP contribution in [0.5, 0.6) is 0 Å². The molecule has 2 amide bonds. The minimum Gasteiger partial charge on any atom is -0.444 e. The lowest BCUT2D eigenvalue weighted by molar-refractivity contribution is -0.116. The molecule has 0 spiro atoms. The predicted octanol–water partition coefficient (Wildman–Crippen LogP) is 4.41. The average Bonchev–Trinajstić information content (AvgIpc) is 3.11. The van der Waals surface area contributed by atoms with Crippen molar-refractivity contribution in [2.24, 2.45) is 0 Å². The van der Waals surface area contributed by atoms with Crippen LogP contribution < -0.4 is 10.6 Å². The highest BCUT2D eigenvalue weighted by atomic mass is 79.9. The number of rotatable bonds is 6. The second kappa shape index (κ2) is 9.86. The van der Waals surface area contributed by atoms with Crippen molar-refractivity contribution in [2.75, 3.05) is 5.32 Å². The van der Waals surface area contributed by atoms with E-state index in [1.165, 1.54) is 0 Å². The molecule has 33 heavy (non-hydrogen) atoms. The number of halogens is 1. The molecule has 0 saturated heterocycles. The maximum atomic E-state index is 12.5. The molecule has 0 fully saturated rings. The molecule has 2 heterocycles. The number of hydrogen-bond acceptors (Lipinski definition) is 6. The van der Waals surface area contributed by atoms with E-state index in [-0.39, 0.29) is 12.5 Å². The quantitative estimate of drug-likeness (QED) is 0.501. The summed E-state index contributed by atoms with van der Waals surface area (Å²) in [7, 11) is 0. The summed E-state index contributed by atoms with van der Waals surface area (Å²) in [4.78, 5) is 33.3. The van der Waals surface area contributed by atoms with Crippen molar-refractivity contribution in [2.45, 2.75) is 66.5 Å². The minimum absolute atomic E-state index is 0.0727. The zero-order valence-electron chi connectivity index (χ0n) is 19.7. The highest BCUT2D eigenvalue weighted by Crippen LogP contribution is 2.21. The van der Waals surface area contributed by atoms with Crippen LogP contribution in [-0.4, -0.2) is 37.2 Å². The molecule has 0 unspecified atom stereocenters. The maximum absolute atomic E-state index is 12.5. The summed E-state index contributed by atoms with van der Waals surface area (Å²) < 4.78 is 7.88. The number of aromatic nitrogens is 4. The van der Waals surface area contributed by atoms with Crippen LogP contribution in [0, 0.1) is 20.8 Å². The lowest BCUT2D eigenvalue weighted by Gasteiger charge is -2.19. The van der Waals surface area contributed by atoms with Gasteiger partial charge in [0.2, 0.25) is 5.91 Å². The number of ether oxygens (including phenoxy) is 1. The van der Waals surface area contributed by atoms with Crippen LogP contribution in [0.25, 0.3) is 5.78 Å². The second-order valence-corrected chi connectivity index (χ2v) is 9.72. The predicted molar refractivity (Wildman–Crippen MR) is 129 cm³/mol. The summed E-state index contributed by atoms with van der Waals surface area (Å²) in [5, 5.41) is 10.1. The second-order valence-electron chi connectivity index (χ2n) is 8.87. The first-order valence-corrected chi connectivity index (χ1v) is 11.5. The number of aryl methyl sites for hydroxylation is 3. The Morgan fingerprint density at radius 2 is 1.88 bits per heavy atom. The Kier molecular flexibility index (Phi) is 7.36. The van der Waals surface area contributed by atoms with Crippen LogP contribution in [0.1, 0.15) is 55.5 Å². The van der Waals surface area contributed by atoms with E-state index in [1.54, 1.807) is 25.3 Å². The van der Waals surface area contributed by atoms with E-state index in [1.807, 2.05) is 39.0 Å². The van der Waals surface area contributed by atoms with E-state index in [2.05, 4.69) is 41.6 Å². The first-order valence-electron chi connectivity index (χ1n) is 10.7. The summed E-state index contributed by atoms with van der Waals surface area (Å²) >= 11 is 3.46. The lowest BCUT2D eigenvalue weighted by atomic mass is 10.1. The lowest BCUT2D eigenvalue weighted by Crippen LogP contribution is -2.32. The molecule has 3 rings (SSSR count). The number of carbonyl (C=O) groups excluding carboxylic acids is 2. The van der Waals surface area contributed by atoms with Gasteiger partial charge in [-0.3, -0.25) is 4.79 Å². The van der Waals surface area contributed by atoms with E-state index in [4.69, 9.17) is 4.74 Å². The Balaban J connectivity index is 1.67. The summed E-state index contributed by atoms with van der Waals surface area (Å²) in [5.41, 5.74) is 3.84. The number of nitrogens with one attached hydrogen (secondary N) is 2. The maximum Gasteiger partial charge on any atom is 0.408 e. The molecule has 3 aromatic rings. The molecule has 0 radical (unpaired) electrons. The molecule has 0 atom stereocenters. The average molecular weight is 517 g/mol. The van der Waals surface area contributed by atoms with Gasteiger partial charge in [0.05, 0.1) is 6.54 Å². The minimum atomic E-state index is -0.580. The fourth-order valence-electron chi connectivity index (χ4n) is 3.34. The Labute approximate surface area is 201 Å². The molecule has 0 aliphatic carbocycles. The smallest absolute Gasteiger partial charge is 0.408 e. The van der Waals surface area contributed by atoms with E-state index in [0.29, 0.717) is 24.4 Å². The van der Waals surface area contributed by atoms with Crippen molar-refractivity contribution in [3.63, 3.8) is 0 Å². The van der Waals surface area contributed by atoms with Crippen molar-refractivity contribution in [1.82, 2.24) is 24.9 Å². The van der Waals surface area contributed by atoms with Crippen molar-refractivity contribution < 1.29 is 14.3 Å². The van der Waals surface area contributed by atoms with Crippen LogP contribution in [0.3, 0.4) is 0 Å². The molecular formula is C23H29BrN6O3. The Morgan fingerprint density at radius 1 is 1.15 bits per heavy atom. The van der Waals surface area contributed by atoms with Crippen molar-refractivity contribution in [1.29, 1.82) is 0 Å². The fourth-order valence-corrected chi connectivity index (χ4v) is 3.58. The van der Waals surface area contributed by atoms with Crippen LogP contribution in [0.2, 0.25) is 0 Å². The highest BCUT2D eigenvalue weighted by molar-refractivity contribution is 9.10. The standard InChI is InChI=1S/C23H29BrN6O3/c1-13-11-16(7-9-18(13)24)27-20(31)10-8-17-14(2)26-21-28-19(29-30(21)15(17)3)12-25-22(32)33-23(4,5)6/h7,9,11H,8,10,12H2,1-6H3,(H,25,32)(H,27,31). The van der Waals surface area contributed by atoms with Gasteiger partial charge in [-0.1, -0.05) is 15.9 Å². The summed E-state index contributed by atoms with van der Waals surface area (Å²) in [5.74, 6) is 0.803. The first-order chi connectivity index (χ1) is 15.4. The molecular weight excluding hydrogens is 488 g/mol.